The van der Waals surface area contributed by atoms with Crippen molar-refractivity contribution in [3.8, 4) is 11.5 Å². The van der Waals surface area contributed by atoms with Crippen molar-refractivity contribution in [1.29, 1.82) is 0 Å². The average molecular weight is 250 g/mol. The number of aliphatic hydroxyl groups excluding tert-OH is 1. The molecule has 88 valence electrons. The summed E-state index contributed by atoms with van der Waals surface area (Å²) in [6, 6.07) is 3.49. The van der Waals surface area contributed by atoms with E-state index in [1.807, 2.05) is 6.92 Å². The van der Waals surface area contributed by atoms with Gasteiger partial charge in [0, 0.05) is 23.7 Å². The first-order valence-corrected chi connectivity index (χ1v) is 5.60. The van der Waals surface area contributed by atoms with Crippen molar-refractivity contribution in [2.75, 3.05) is 0 Å². The van der Waals surface area contributed by atoms with E-state index in [-0.39, 0.29) is 0 Å². The summed E-state index contributed by atoms with van der Waals surface area (Å²) in [5.74, 6) is 0.470. The van der Waals surface area contributed by atoms with Crippen molar-refractivity contribution in [1.82, 2.24) is 15.0 Å². The Hall–Kier alpha value is -1.52. The van der Waals surface area contributed by atoms with E-state index in [1.165, 1.54) is 0 Å². The molecule has 0 unspecified atom stereocenters. The van der Waals surface area contributed by atoms with E-state index in [9.17, 15) is 5.11 Å². The van der Waals surface area contributed by atoms with Crippen LogP contribution in [0.2, 0.25) is 5.02 Å². The standard InChI is InChI=1S/C12H12ClN3O/c1-7-9(8(2)17)6-15-12(16-7)11-10(13)4-3-5-14-11/h3-6,8,17H,1-2H3/t8-/m1/s1. The molecule has 4 nitrogen and oxygen atoms in total. The second-order valence-corrected chi connectivity index (χ2v) is 4.15. The fraction of sp³-hybridized carbons (Fsp3) is 0.250. The lowest BCUT2D eigenvalue weighted by atomic mass is 10.1. The molecule has 0 saturated heterocycles. The molecule has 0 amide bonds. The number of aliphatic hydroxyl groups is 1. The second-order valence-electron chi connectivity index (χ2n) is 3.74. The quantitative estimate of drug-likeness (QED) is 0.889. The second kappa shape index (κ2) is 4.77. The molecule has 0 fully saturated rings. The van der Waals surface area contributed by atoms with Crippen LogP contribution in [-0.2, 0) is 0 Å². The largest absolute Gasteiger partial charge is 0.389 e. The zero-order valence-corrected chi connectivity index (χ0v) is 10.3. The summed E-state index contributed by atoms with van der Waals surface area (Å²) in [4.78, 5) is 12.6. The molecule has 0 aromatic carbocycles. The van der Waals surface area contributed by atoms with Gasteiger partial charge in [0.15, 0.2) is 5.82 Å². The van der Waals surface area contributed by atoms with Gasteiger partial charge in [0.05, 0.1) is 11.1 Å². The summed E-state index contributed by atoms with van der Waals surface area (Å²) >= 11 is 6.02. The molecule has 2 heterocycles. The van der Waals surface area contributed by atoms with E-state index in [4.69, 9.17) is 11.6 Å². The van der Waals surface area contributed by atoms with Crippen LogP contribution in [0.15, 0.2) is 24.5 Å². The van der Waals surface area contributed by atoms with Gasteiger partial charge in [0.2, 0.25) is 0 Å². The van der Waals surface area contributed by atoms with Gasteiger partial charge in [-0.25, -0.2) is 9.97 Å². The van der Waals surface area contributed by atoms with Crippen molar-refractivity contribution >= 4 is 11.6 Å². The summed E-state index contributed by atoms with van der Waals surface area (Å²) in [6.45, 7) is 3.50. The summed E-state index contributed by atoms with van der Waals surface area (Å²) in [5, 5.41) is 10.0. The van der Waals surface area contributed by atoms with Crippen molar-refractivity contribution in [3.63, 3.8) is 0 Å². The third kappa shape index (κ3) is 2.43. The van der Waals surface area contributed by atoms with Gasteiger partial charge >= 0.3 is 0 Å². The monoisotopic (exact) mass is 249 g/mol. The first kappa shape index (κ1) is 12.0. The molecule has 1 atom stereocenters. The van der Waals surface area contributed by atoms with Crippen LogP contribution in [0.5, 0.6) is 0 Å². The van der Waals surface area contributed by atoms with E-state index < -0.39 is 6.10 Å². The number of rotatable bonds is 2. The van der Waals surface area contributed by atoms with Crippen molar-refractivity contribution in [2.24, 2.45) is 0 Å². The maximum Gasteiger partial charge on any atom is 0.179 e. The zero-order chi connectivity index (χ0) is 12.4. The van der Waals surface area contributed by atoms with Gasteiger partial charge in [-0.15, -0.1) is 0 Å². The first-order valence-electron chi connectivity index (χ1n) is 5.22. The molecule has 2 aromatic heterocycles. The Bertz CT molecular complexity index is 543. The molecule has 0 bridgehead atoms. The highest BCUT2D eigenvalue weighted by Crippen LogP contribution is 2.23. The maximum absolute atomic E-state index is 9.50. The van der Waals surface area contributed by atoms with Gasteiger partial charge in [-0.2, -0.15) is 0 Å². The number of halogens is 1. The van der Waals surface area contributed by atoms with Gasteiger partial charge in [-0.1, -0.05) is 11.6 Å². The smallest absolute Gasteiger partial charge is 0.179 e. The van der Waals surface area contributed by atoms with Crippen LogP contribution in [0.1, 0.15) is 24.3 Å². The summed E-state index contributed by atoms with van der Waals surface area (Å²) in [6.07, 6.45) is 2.67. The maximum atomic E-state index is 9.50. The van der Waals surface area contributed by atoms with E-state index in [0.717, 1.165) is 5.69 Å². The number of aromatic nitrogens is 3. The molecule has 2 rings (SSSR count). The summed E-state index contributed by atoms with van der Waals surface area (Å²) in [5.41, 5.74) is 1.99. The number of hydrogen-bond acceptors (Lipinski definition) is 4. The summed E-state index contributed by atoms with van der Waals surface area (Å²) < 4.78 is 0. The SMILES string of the molecule is Cc1nc(-c2ncccc2Cl)ncc1[C@@H](C)O. The van der Waals surface area contributed by atoms with Gasteiger partial charge in [-0.05, 0) is 26.0 Å². The highest BCUT2D eigenvalue weighted by molar-refractivity contribution is 6.32. The Morgan fingerprint density at radius 2 is 2.12 bits per heavy atom. The third-order valence-electron chi connectivity index (χ3n) is 2.44. The fourth-order valence-corrected chi connectivity index (χ4v) is 1.76. The lowest BCUT2D eigenvalue weighted by Crippen LogP contribution is -2.02. The number of nitrogens with zero attached hydrogens (tertiary/aromatic N) is 3. The molecule has 0 saturated carbocycles. The van der Waals surface area contributed by atoms with Crippen LogP contribution in [0.25, 0.3) is 11.5 Å². The van der Waals surface area contributed by atoms with Crippen LogP contribution in [-0.4, -0.2) is 20.1 Å². The zero-order valence-electron chi connectivity index (χ0n) is 9.55. The first-order chi connectivity index (χ1) is 8.09. The van der Waals surface area contributed by atoms with E-state index in [1.54, 1.807) is 31.5 Å². The van der Waals surface area contributed by atoms with Crippen LogP contribution in [0, 0.1) is 6.92 Å². The van der Waals surface area contributed by atoms with E-state index in [0.29, 0.717) is 22.1 Å². The molecular weight excluding hydrogens is 238 g/mol. The van der Waals surface area contributed by atoms with Gasteiger partial charge in [0.25, 0.3) is 0 Å². The molecule has 0 aliphatic rings. The third-order valence-corrected chi connectivity index (χ3v) is 2.74. The minimum absolute atomic E-state index is 0.470. The number of pyridine rings is 1. The van der Waals surface area contributed by atoms with Crippen LogP contribution >= 0.6 is 11.6 Å². The predicted octanol–water partition coefficient (Wildman–Crippen LogP) is 2.55. The molecule has 5 heteroatoms. The van der Waals surface area contributed by atoms with Gasteiger partial charge < -0.3 is 5.11 Å². The molecule has 0 spiro atoms. The van der Waals surface area contributed by atoms with Gasteiger partial charge in [-0.3, -0.25) is 4.98 Å². The predicted molar refractivity (Wildman–Crippen MR) is 65.6 cm³/mol. The minimum Gasteiger partial charge on any atom is -0.389 e. The molecule has 1 N–H and O–H groups in total. The fourth-order valence-electron chi connectivity index (χ4n) is 1.55. The Balaban J connectivity index is 2.49. The van der Waals surface area contributed by atoms with Crippen LogP contribution in [0.4, 0.5) is 0 Å². The molecule has 0 aliphatic carbocycles. The lowest BCUT2D eigenvalue weighted by Gasteiger charge is -2.09. The van der Waals surface area contributed by atoms with Crippen molar-refractivity contribution in [2.45, 2.75) is 20.0 Å². The topological polar surface area (TPSA) is 58.9 Å². The Morgan fingerprint density at radius 3 is 2.71 bits per heavy atom. The highest BCUT2D eigenvalue weighted by atomic mass is 35.5. The van der Waals surface area contributed by atoms with Gasteiger partial charge in [0.1, 0.15) is 5.69 Å². The number of hydrogen-bond donors (Lipinski definition) is 1. The number of aryl methyl sites for hydroxylation is 1. The molecule has 17 heavy (non-hydrogen) atoms. The summed E-state index contributed by atoms with van der Waals surface area (Å²) in [7, 11) is 0. The molecular formula is C12H12ClN3O. The highest BCUT2D eigenvalue weighted by Gasteiger charge is 2.11. The van der Waals surface area contributed by atoms with Crippen molar-refractivity contribution in [3.05, 3.63) is 40.8 Å². The molecule has 2 aromatic rings. The average Bonchev–Trinajstić information content (AvgIpc) is 2.29. The van der Waals surface area contributed by atoms with Crippen molar-refractivity contribution < 1.29 is 5.11 Å². The Morgan fingerprint density at radius 1 is 1.35 bits per heavy atom. The lowest BCUT2D eigenvalue weighted by molar-refractivity contribution is 0.197. The Kier molecular flexibility index (Phi) is 3.36. The van der Waals surface area contributed by atoms with Crippen LogP contribution < -0.4 is 0 Å². The van der Waals surface area contributed by atoms with Crippen LogP contribution in [0.3, 0.4) is 0 Å². The molecule has 0 aliphatic heterocycles. The van der Waals surface area contributed by atoms with E-state index >= 15 is 0 Å². The Labute approximate surface area is 104 Å². The van der Waals surface area contributed by atoms with E-state index in [2.05, 4.69) is 15.0 Å². The normalized spacial score (nSPS) is 12.5. The molecule has 0 radical (unpaired) electrons. The minimum atomic E-state index is -0.580.